The van der Waals surface area contributed by atoms with Gasteiger partial charge in [-0.05, 0) is 37.3 Å². The molecule has 0 aromatic heterocycles. The van der Waals surface area contributed by atoms with E-state index in [9.17, 15) is 17.6 Å². The molecule has 0 atom stereocenters. The molecular weight excluding hydrogens is 369 g/mol. The normalized spacial score (nSPS) is 15.4. The molecule has 2 aromatic rings. The molecule has 3 rings (SSSR count). The lowest BCUT2D eigenvalue weighted by Gasteiger charge is -2.36. The molecule has 0 unspecified atom stereocenters. The van der Waals surface area contributed by atoms with Crippen LogP contribution in [0.1, 0.15) is 22.8 Å². The predicted octanol–water partition coefficient (Wildman–Crippen LogP) is 2.41. The number of halogens is 1. The van der Waals surface area contributed by atoms with Crippen LogP contribution in [0.25, 0.3) is 0 Å². The summed E-state index contributed by atoms with van der Waals surface area (Å²) in [7, 11) is -3.93. The fraction of sp³-hybridized carbons (Fsp3) is 0.263. The summed E-state index contributed by atoms with van der Waals surface area (Å²) in [5.74, 6) is -0.906. The Labute approximate surface area is 157 Å². The summed E-state index contributed by atoms with van der Waals surface area (Å²) in [6.45, 7) is 2.44. The topological polar surface area (TPSA) is 81.5 Å². The Morgan fingerprint density at radius 3 is 2.37 bits per heavy atom. The monoisotopic (exact) mass is 387 g/mol. The number of carbonyl (C=O) groups excluding carboxylic acids is 1. The molecular formula is C19H18FN3O3S. The molecule has 2 aromatic carbocycles. The number of ketones is 1. The van der Waals surface area contributed by atoms with Crippen LogP contribution in [0.4, 0.5) is 10.1 Å². The SMILES string of the molecule is CC(=O)c1ccc(C#N)cc1N1CCN(S(=O)(=O)c2ccccc2F)CC1. The summed E-state index contributed by atoms with van der Waals surface area (Å²) in [5.41, 5.74) is 1.53. The number of sulfonamides is 1. The number of nitrogens with zero attached hydrogens (tertiary/aromatic N) is 3. The van der Waals surface area contributed by atoms with Crippen LogP contribution in [0, 0.1) is 17.1 Å². The average molecular weight is 387 g/mol. The molecule has 140 valence electrons. The molecule has 0 spiro atoms. The third-order valence-corrected chi connectivity index (χ3v) is 6.47. The van der Waals surface area contributed by atoms with Gasteiger partial charge in [-0.1, -0.05) is 12.1 Å². The van der Waals surface area contributed by atoms with E-state index in [1.54, 1.807) is 18.2 Å². The number of piperazine rings is 1. The molecule has 0 radical (unpaired) electrons. The summed E-state index contributed by atoms with van der Waals surface area (Å²) in [5, 5.41) is 9.11. The van der Waals surface area contributed by atoms with Crippen molar-refractivity contribution in [2.24, 2.45) is 0 Å². The quantitative estimate of drug-likeness (QED) is 0.753. The lowest BCUT2D eigenvalue weighted by atomic mass is 10.0. The first kappa shape index (κ1) is 19.0. The number of rotatable bonds is 4. The Balaban J connectivity index is 1.83. The zero-order chi connectivity index (χ0) is 19.6. The van der Waals surface area contributed by atoms with E-state index in [4.69, 9.17) is 5.26 Å². The van der Waals surface area contributed by atoms with Gasteiger partial charge in [0.05, 0.1) is 11.6 Å². The molecule has 0 saturated carbocycles. The van der Waals surface area contributed by atoms with Crippen LogP contribution in [0.2, 0.25) is 0 Å². The van der Waals surface area contributed by atoms with Gasteiger partial charge in [0.15, 0.2) is 5.78 Å². The zero-order valence-electron chi connectivity index (χ0n) is 14.7. The van der Waals surface area contributed by atoms with Gasteiger partial charge in [0.2, 0.25) is 10.0 Å². The lowest BCUT2D eigenvalue weighted by Crippen LogP contribution is -2.49. The molecule has 0 bridgehead atoms. The average Bonchev–Trinajstić information content (AvgIpc) is 2.67. The Morgan fingerprint density at radius 2 is 1.78 bits per heavy atom. The van der Waals surface area contributed by atoms with Crippen molar-refractivity contribution in [1.82, 2.24) is 4.31 Å². The van der Waals surface area contributed by atoms with Crippen molar-refractivity contribution < 1.29 is 17.6 Å². The van der Waals surface area contributed by atoms with E-state index in [2.05, 4.69) is 0 Å². The van der Waals surface area contributed by atoms with Gasteiger partial charge in [0, 0.05) is 37.4 Å². The van der Waals surface area contributed by atoms with Crippen molar-refractivity contribution in [3.8, 4) is 6.07 Å². The highest BCUT2D eigenvalue weighted by Crippen LogP contribution is 2.26. The summed E-state index contributed by atoms with van der Waals surface area (Å²) in [6, 6.07) is 12.2. The molecule has 8 heteroatoms. The van der Waals surface area contributed by atoms with E-state index in [1.165, 1.54) is 29.4 Å². The molecule has 1 aliphatic rings. The summed E-state index contributed by atoms with van der Waals surface area (Å²) in [6.07, 6.45) is 0. The number of hydrogen-bond acceptors (Lipinski definition) is 5. The van der Waals surface area contributed by atoms with Crippen molar-refractivity contribution in [2.75, 3.05) is 31.1 Å². The largest absolute Gasteiger partial charge is 0.368 e. The summed E-state index contributed by atoms with van der Waals surface area (Å²) >= 11 is 0. The van der Waals surface area contributed by atoms with Gasteiger partial charge in [-0.25, -0.2) is 12.8 Å². The second-order valence-electron chi connectivity index (χ2n) is 6.22. The van der Waals surface area contributed by atoms with Gasteiger partial charge in [-0.2, -0.15) is 9.57 Å². The molecule has 27 heavy (non-hydrogen) atoms. The Hall–Kier alpha value is -2.76. The first-order valence-electron chi connectivity index (χ1n) is 8.39. The van der Waals surface area contributed by atoms with Crippen LogP contribution in [-0.2, 0) is 10.0 Å². The van der Waals surface area contributed by atoms with Crippen LogP contribution >= 0.6 is 0 Å². The second kappa shape index (κ2) is 7.47. The Kier molecular flexibility index (Phi) is 5.26. The highest BCUT2D eigenvalue weighted by atomic mass is 32.2. The van der Waals surface area contributed by atoms with Crippen molar-refractivity contribution in [1.29, 1.82) is 5.26 Å². The van der Waals surface area contributed by atoms with Crippen molar-refractivity contribution in [3.63, 3.8) is 0 Å². The Bertz CT molecular complexity index is 1020. The molecule has 0 N–H and O–H groups in total. The predicted molar refractivity (Wildman–Crippen MR) is 98.5 cm³/mol. The standard InChI is InChI=1S/C19H18FN3O3S/c1-14(24)16-7-6-15(13-21)12-18(16)22-8-10-23(11-9-22)27(25,26)19-5-3-2-4-17(19)20/h2-7,12H,8-11H2,1H3. The maximum absolute atomic E-state index is 13.9. The Morgan fingerprint density at radius 1 is 1.11 bits per heavy atom. The molecule has 1 fully saturated rings. The number of nitriles is 1. The lowest BCUT2D eigenvalue weighted by molar-refractivity contribution is 0.101. The van der Waals surface area contributed by atoms with Crippen molar-refractivity contribution in [2.45, 2.75) is 11.8 Å². The van der Waals surface area contributed by atoms with E-state index in [1.807, 2.05) is 11.0 Å². The van der Waals surface area contributed by atoms with E-state index in [0.717, 1.165) is 6.07 Å². The highest BCUT2D eigenvalue weighted by molar-refractivity contribution is 7.89. The zero-order valence-corrected chi connectivity index (χ0v) is 15.5. The van der Waals surface area contributed by atoms with Crippen LogP contribution in [0.3, 0.4) is 0 Å². The number of Topliss-reactive ketones (excluding diaryl/α,β-unsaturated/α-hetero) is 1. The fourth-order valence-corrected chi connectivity index (χ4v) is 4.61. The molecule has 1 heterocycles. The number of hydrogen-bond donors (Lipinski definition) is 0. The van der Waals surface area contributed by atoms with Gasteiger partial charge in [0.25, 0.3) is 0 Å². The third kappa shape index (κ3) is 3.70. The van der Waals surface area contributed by atoms with Crippen LogP contribution < -0.4 is 4.90 Å². The first-order valence-corrected chi connectivity index (χ1v) is 9.83. The highest BCUT2D eigenvalue weighted by Gasteiger charge is 2.31. The maximum Gasteiger partial charge on any atom is 0.246 e. The summed E-state index contributed by atoms with van der Waals surface area (Å²) in [4.78, 5) is 13.4. The fourth-order valence-electron chi connectivity index (χ4n) is 3.12. The van der Waals surface area contributed by atoms with E-state index in [-0.39, 0.29) is 23.8 Å². The van der Waals surface area contributed by atoms with E-state index in [0.29, 0.717) is 29.9 Å². The van der Waals surface area contributed by atoms with Crippen LogP contribution in [-0.4, -0.2) is 44.7 Å². The van der Waals surface area contributed by atoms with Gasteiger partial charge < -0.3 is 4.90 Å². The molecule has 1 aliphatic heterocycles. The number of benzene rings is 2. The molecule has 6 nitrogen and oxygen atoms in total. The molecule has 0 aliphatic carbocycles. The number of carbonyl (C=O) groups is 1. The van der Waals surface area contributed by atoms with Gasteiger partial charge in [-0.15, -0.1) is 0 Å². The summed E-state index contributed by atoms with van der Waals surface area (Å²) < 4.78 is 40.6. The second-order valence-corrected chi connectivity index (χ2v) is 8.13. The molecule has 1 saturated heterocycles. The minimum atomic E-state index is -3.93. The van der Waals surface area contributed by atoms with Gasteiger partial charge in [-0.3, -0.25) is 4.79 Å². The van der Waals surface area contributed by atoms with Gasteiger partial charge in [0.1, 0.15) is 10.7 Å². The van der Waals surface area contributed by atoms with Crippen LogP contribution in [0.5, 0.6) is 0 Å². The van der Waals surface area contributed by atoms with Crippen LogP contribution in [0.15, 0.2) is 47.4 Å². The minimum absolute atomic E-state index is 0.129. The maximum atomic E-state index is 13.9. The van der Waals surface area contributed by atoms with E-state index >= 15 is 0 Å². The third-order valence-electron chi connectivity index (χ3n) is 4.54. The van der Waals surface area contributed by atoms with Crippen molar-refractivity contribution >= 4 is 21.5 Å². The van der Waals surface area contributed by atoms with Gasteiger partial charge >= 0.3 is 0 Å². The smallest absolute Gasteiger partial charge is 0.246 e. The first-order chi connectivity index (χ1) is 12.8. The molecule has 0 amide bonds. The van der Waals surface area contributed by atoms with Crippen molar-refractivity contribution in [3.05, 3.63) is 59.4 Å². The van der Waals surface area contributed by atoms with E-state index < -0.39 is 15.8 Å². The minimum Gasteiger partial charge on any atom is -0.368 e. The number of anilines is 1.